The third kappa shape index (κ3) is 9.19. The van der Waals surface area contributed by atoms with E-state index in [1.807, 2.05) is 60.7 Å². The highest BCUT2D eigenvalue weighted by molar-refractivity contribution is 5.86. The number of hydrogen-bond acceptors (Lipinski definition) is 5. The van der Waals surface area contributed by atoms with Crippen LogP contribution in [0.2, 0.25) is 0 Å². The summed E-state index contributed by atoms with van der Waals surface area (Å²) in [5.41, 5.74) is 1.86. The molecular weight excluding hydrogens is 504 g/mol. The van der Waals surface area contributed by atoms with Gasteiger partial charge in [-0.15, -0.1) is 13.2 Å². The third-order valence-corrected chi connectivity index (χ3v) is 7.44. The number of rotatable bonds is 16. The summed E-state index contributed by atoms with van der Waals surface area (Å²) in [6, 6.07) is 18.4. The number of likely N-dealkylation sites (tertiary alicyclic amines) is 1. The van der Waals surface area contributed by atoms with Gasteiger partial charge in [-0.1, -0.05) is 72.8 Å². The lowest BCUT2D eigenvalue weighted by molar-refractivity contribution is -0.150. The number of benzene rings is 2. The molecular formula is C33H42N2O5. The number of nitrogens with zero attached hydrogens (tertiary/aromatic N) is 1. The van der Waals surface area contributed by atoms with Gasteiger partial charge in [-0.25, -0.2) is 0 Å². The molecule has 0 radical (unpaired) electrons. The molecule has 0 aliphatic carbocycles. The largest absolute Gasteiger partial charge is 0.463 e. The van der Waals surface area contributed by atoms with E-state index in [4.69, 9.17) is 4.74 Å². The molecule has 0 bridgehead atoms. The van der Waals surface area contributed by atoms with Crippen LogP contribution < -0.4 is 5.32 Å². The number of carbonyl (C=O) groups excluding carboxylic acids is 3. The van der Waals surface area contributed by atoms with Gasteiger partial charge in [0.25, 0.3) is 0 Å². The van der Waals surface area contributed by atoms with Gasteiger partial charge in [-0.3, -0.25) is 14.4 Å². The summed E-state index contributed by atoms with van der Waals surface area (Å²) in [6.07, 6.45) is 7.26. The first-order chi connectivity index (χ1) is 19.5. The van der Waals surface area contributed by atoms with E-state index in [9.17, 15) is 19.5 Å². The fourth-order valence-corrected chi connectivity index (χ4v) is 5.17. The summed E-state index contributed by atoms with van der Waals surface area (Å²) in [6.45, 7) is 8.04. The van der Waals surface area contributed by atoms with Crippen LogP contribution in [0.3, 0.4) is 0 Å². The van der Waals surface area contributed by atoms with Crippen molar-refractivity contribution in [2.24, 2.45) is 11.8 Å². The van der Waals surface area contributed by atoms with Crippen LogP contribution in [0, 0.1) is 11.8 Å². The fraction of sp³-hybridized carbons (Fsp3) is 0.424. The highest BCUT2D eigenvalue weighted by Crippen LogP contribution is 2.23. The van der Waals surface area contributed by atoms with Crippen molar-refractivity contribution in [3.05, 3.63) is 97.1 Å². The van der Waals surface area contributed by atoms with Gasteiger partial charge in [0.05, 0.1) is 30.5 Å². The Bertz CT molecular complexity index is 1100. The molecule has 3 rings (SSSR count). The van der Waals surface area contributed by atoms with Gasteiger partial charge >= 0.3 is 5.97 Å². The van der Waals surface area contributed by atoms with Gasteiger partial charge in [0.2, 0.25) is 11.8 Å². The maximum absolute atomic E-state index is 13.4. The molecule has 7 heteroatoms. The van der Waals surface area contributed by atoms with Crippen molar-refractivity contribution >= 4 is 17.8 Å². The average Bonchev–Trinajstić information content (AvgIpc) is 3.47. The molecule has 4 atom stereocenters. The molecule has 2 amide bonds. The highest BCUT2D eigenvalue weighted by Gasteiger charge is 2.32. The van der Waals surface area contributed by atoms with Crippen LogP contribution in [0.5, 0.6) is 0 Å². The summed E-state index contributed by atoms with van der Waals surface area (Å²) in [4.78, 5) is 41.3. The van der Waals surface area contributed by atoms with E-state index in [1.165, 1.54) is 0 Å². The second kappa shape index (κ2) is 16.4. The van der Waals surface area contributed by atoms with E-state index in [-0.39, 0.29) is 49.4 Å². The maximum atomic E-state index is 13.4. The molecule has 2 aromatic rings. The predicted molar refractivity (Wildman–Crippen MR) is 156 cm³/mol. The number of ether oxygens (including phenoxy) is 1. The normalized spacial score (nSPS) is 16.9. The van der Waals surface area contributed by atoms with Crippen molar-refractivity contribution in [2.75, 3.05) is 19.8 Å². The van der Waals surface area contributed by atoms with Crippen molar-refractivity contribution in [3.63, 3.8) is 0 Å². The van der Waals surface area contributed by atoms with Crippen molar-refractivity contribution < 1.29 is 24.2 Å². The van der Waals surface area contributed by atoms with E-state index in [0.717, 1.165) is 24.0 Å². The molecule has 214 valence electrons. The number of carbonyl (C=O) groups is 3. The Hall–Kier alpha value is -3.71. The van der Waals surface area contributed by atoms with Gasteiger partial charge in [-0.05, 0) is 49.7 Å². The second-order valence-electron chi connectivity index (χ2n) is 10.3. The molecule has 2 aromatic carbocycles. The lowest BCUT2D eigenvalue weighted by atomic mass is 9.94. The zero-order valence-electron chi connectivity index (χ0n) is 23.3. The molecule has 0 aromatic heterocycles. The van der Waals surface area contributed by atoms with E-state index in [1.54, 1.807) is 17.1 Å². The molecule has 40 heavy (non-hydrogen) atoms. The first-order valence-corrected chi connectivity index (χ1v) is 14.1. The van der Waals surface area contributed by atoms with Crippen LogP contribution in [0.1, 0.15) is 55.7 Å². The molecule has 1 aliphatic rings. The van der Waals surface area contributed by atoms with Gasteiger partial charge in [0.1, 0.15) is 6.61 Å². The summed E-state index contributed by atoms with van der Waals surface area (Å²) in [5, 5.41) is 12.6. The average molecular weight is 547 g/mol. The summed E-state index contributed by atoms with van der Waals surface area (Å²) < 4.78 is 5.81. The number of nitrogens with one attached hydrogen (secondary N) is 1. The van der Waals surface area contributed by atoms with Crippen molar-refractivity contribution in [1.82, 2.24) is 10.2 Å². The smallest absolute Gasteiger partial charge is 0.309 e. The number of esters is 1. The molecule has 1 aliphatic heterocycles. The third-order valence-electron chi connectivity index (χ3n) is 7.44. The quantitative estimate of drug-likeness (QED) is 0.233. The number of allylic oxidation sites excluding steroid dienone is 2. The predicted octanol–water partition coefficient (Wildman–Crippen LogP) is 4.78. The molecule has 0 spiro atoms. The number of aliphatic hydroxyl groups is 1. The van der Waals surface area contributed by atoms with Crippen LogP contribution in [0.25, 0.3) is 0 Å². The summed E-state index contributed by atoms with van der Waals surface area (Å²) in [5.74, 6) is -1.72. The number of aliphatic hydroxyl groups excluding tert-OH is 1. The lowest BCUT2D eigenvalue weighted by Gasteiger charge is -2.27. The Labute approximate surface area is 237 Å². The minimum absolute atomic E-state index is 0.0242. The highest BCUT2D eigenvalue weighted by atomic mass is 16.5. The van der Waals surface area contributed by atoms with Crippen molar-refractivity contribution in [3.8, 4) is 0 Å². The van der Waals surface area contributed by atoms with Crippen LogP contribution >= 0.6 is 0 Å². The zero-order chi connectivity index (χ0) is 28.7. The molecule has 0 saturated carbocycles. The van der Waals surface area contributed by atoms with Crippen LogP contribution in [0.4, 0.5) is 0 Å². The van der Waals surface area contributed by atoms with Crippen molar-refractivity contribution in [1.29, 1.82) is 0 Å². The number of hydrogen-bond donors (Lipinski definition) is 2. The van der Waals surface area contributed by atoms with E-state index < -0.39 is 12.0 Å². The van der Waals surface area contributed by atoms with E-state index >= 15 is 0 Å². The Balaban J connectivity index is 1.69. The molecule has 4 unspecified atom stereocenters. The summed E-state index contributed by atoms with van der Waals surface area (Å²) >= 11 is 0. The van der Waals surface area contributed by atoms with Crippen LogP contribution in [-0.4, -0.2) is 53.6 Å². The molecule has 1 saturated heterocycles. The Morgan fingerprint density at radius 3 is 2.38 bits per heavy atom. The van der Waals surface area contributed by atoms with Gasteiger partial charge in [0, 0.05) is 13.0 Å². The monoisotopic (exact) mass is 546 g/mol. The SMILES string of the molecule is C=CCCC(Cc1ccccc1)C(=O)OCC(NC(=O)C(CC=C)CC(=O)N1CCCC1CO)c1ccccc1. The lowest BCUT2D eigenvalue weighted by Crippen LogP contribution is -2.42. The van der Waals surface area contributed by atoms with Gasteiger partial charge in [0.15, 0.2) is 0 Å². The molecule has 2 N–H and O–H groups in total. The molecule has 1 fully saturated rings. The topological polar surface area (TPSA) is 95.9 Å². The molecule has 1 heterocycles. The van der Waals surface area contributed by atoms with Crippen LogP contribution in [0.15, 0.2) is 86.0 Å². The zero-order valence-corrected chi connectivity index (χ0v) is 23.3. The Kier molecular flexibility index (Phi) is 12.6. The van der Waals surface area contributed by atoms with Gasteiger partial charge < -0.3 is 20.1 Å². The Morgan fingerprint density at radius 1 is 1.02 bits per heavy atom. The summed E-state index contributed by atoms with van der Waals surface area (Å²) in [7, 11) is 0. The fourth-order valence-electron chi connectivity index (χ4n) is 5.17. The first kappa shape index (κ1) is 30.8. The second-order valence-corrected chi connectivity index (χ2v) is 10.3. The minimum atomic E-state index is -0.620. The van der Waals surface area contributed by atoms with Crippen molar-refractivity contribution in [2.45, 2.75) is 57.0 Å². The minimum Gasteiger partial charge on any atom is -0.463 e. The Morgan fingerprint density at radius 2 is 1.73 bits per heavy atom. The maximum Gasteiger partial charge on any atom is 0.309 e. The van der Waals surface area contributed by atoms with Crippen LogP contribution in [-0.2, 0) is 25.5 Å². The molecule has 7 nitrogen and oxygen atoms in total. The number of amides is 2. The van der Waals surface area contributed by atoms with E-state index in [2.05, 4.69) is 18.5 Å². The van der Waals surface area contributed by atoms with E-state index in [0.29, 0.717) is 32.2 Å². The van der Waals surface area contributed by atoms with Gasteiger partial charge in [-0.2, -0.15) is 0 Å². The first-order valence-electron chi connectivity index (χ1n) is 14.1. The standard InChI is InChI=1S/C33H42N2O5/c1-3-5-16-28(21-25-14-8-6-9-15-25)33(39)40-24-30(26-17-10-7-11-18-26)34-32(38)27(13-4-2)22-31(37)35-20-12-19-29(35)23-36/h3-4,6-11,14-15,17-18,27-30,36H,1-2,5,12-13,16,19-24H2,(H,34,38).